The standard InChI is InChI=1S/C11H14Cl2N2O3S/c1-15(10-5-14-6-11(10)16)19(17,18)7-2-3-8(12)9(13)4-7/h2-4,10-11,14,16H,5-6H2,1H3/t10-,11-/m0/s1. The van der Waals surface area contributed by atoms with Gasteiger partial charge in [0.05, 0.1) is 27.1 Å². The quantitative estimate of drug-likeness (QED) is 0.868. The Morgan fingerprint density at radius 3 is 2.53 bits per heavy atom. The third-order valence-electron chi connectivity index (χ3n) is 3.19. The minimum absolute atomic E-state index is 0.0588. The number of hydrogen-bond donors (Lipinski definition) is 2. The molecule has 1 aliphatic rings. The van der Waals surface area contributed by atoms with Crippen LogP contribution < -0.4 is 5.32 Å². The molecule has 2 atom stereocenters. The molecule has 8 heteroatoms. The van der Waals surface area contributed by atoms with Crippen LogP contribution in [-0.2, 0) is 10.0 Å². The largest absolute Gasteiger partial charge is 0.390 e. The minimum atomic E-state index is -3.70. The van der Waals surface area contributed by atoms with Crippen molar-refractivity contribution in [2.24, 2.45) is 0 Å². The molecule has 1 heterocycles. The lowest BCUT2D eigenvalue weighted by molar-refractivity contribution is 0.136. The number of halogens is 2. The molecule has 0 aromatic heterocycles. The Balaban J connectivity index is 2.33. The van der Waals surface area contributed by atoms with Crippen molar-refractivity contribution in [3.8, 4) is 0 Å². The lowest BCUT2D eigenvalue weighted by Crippen LogP contribution is -2.44. The van der Waals surface area contributed by atoms with Crippen LogP contribution in [0.3, 0.4) is 0 Å². The minimum Gasteiger partial charge on any atom is -0.390 e. The third kappa shape index (κ3) is 2.89. The smallest absolute Gasteiger partial charge is 0.243 e. The first-order valence-electron chi connectivity index (χ1n) is 5.66. The van der Waals surface area contributed by atoms with Crippen LogP contribution in [0.2, 0.25) is 10.0 Å². The molecular formula is C11H14Cl2N2O3S. The van der Waals surface area contributed by atoms with Crippen LogP contribution in [0.25, 0.3) is 0 Å². The monoisotopic (exact) mass is 324 g/mol. The number of nitrogens with one attached hydrogen (secondary N) is 1. The summed E-state index contributed by atoms with van der Waals surface area (Å²) in [5, 5.41) is 13.2. The van der Waals surface area contributed by atoms with E-state index in [9.17, 15) is 13.5 Å². The van der Waals surface area contributed by atoms with Gasteiger partial charge < -0.3 is 10.4 Å². The van der Waals surface area contributed by atoms with Gasteiger partial charge in [-0.2, -0.15) is 4.31 Å². The summed E-state index contributed by atoms with van der Waals surface area (Å²) in [5.41, 5.74) is 0. The highest BCUT2D eigenvalue weighted by Gasteiger charge is 2.35. The first kappa shape index (κ1) is 15.0. The van der Waals surface area contributed by atoms with Crippen molar-refractivity contribution in [2.75, 3.05) is 20.1 Å². The Morgan fingerprint density at radius 1 is 1.32 bits per heavy atom. The number of β-amino-alcohol motifs (C(OH)–C–C–N with tert-alkyl or cyclic N) is 1. The lowest BCUT2D eigenvalue weighted by Gasteiger charge is -2.25. The van der Waals surface area contributed by atoms with Crippen LogP contribution in [-0.4, -0.2) is 50.1 Å². The zero-order valence-electron chi connectivity index (χ0n) is 10.2. The first-order chi connectivity index (χ1) is 8.84. The number of rotatable bonds is 3. The van der Waals surface area contributed by atoms with Gasteiger partial charge in [-0.3, -0.25) is 0 Å². The van der Waals surface area contributed by atoms with Crippen molar-refractivity contribution in [1.29, 1.82) is 0 Å². The van der Waals surface area contributed by atoms with Crippen LogP contribution >= 0.6 is 23.2 Å². The normalized spacial score (nSPS) is 24.1. The average molecular weight is 325 g/mol. The molecule has 0 radical (unpaired) electrons. The maximum Gasteiger partial charge on any atom is 0.243 e. The summed E-state index contributed by atoms with van der Waals surface area (Å²) in [6.07, 6.45) is -0.720. The SMILES string of the molecule is CN([C@H]1CNC[C@@H]1O)S(=O)(=O)c1ccc(Cl)c(Cl)c1. The van der Waals surface area contributed by atoms with Crippen molar-refractivity contribution in [1.82, 2.24) is 9.62 Å². The molecule has 0 aliphatic carbocycles. The van der Waals surface area contributed by atoms with Crippen LogP contribution in [0.5, 0.6) is 0 Å². The number of sulfonamides is 1. The summed E-state index contributed by atoms with van der Waals surface area (Å²) in [6.45, 7) is 0.796. The van der Waals surface area contributed by atoms with Gasteiger partial charge in [-0.25, -0.2) is 8.42 Å². The Bertz CT molecular complexity index is 579. The van der Waals surface area contributed by atoms with Crippen molar-refractivity contribution < 1.29 is 13.5 Å². The van der Waals surface area contributed by atoms with Gasteiger partial charge in [0.2, 0.25) is 10.0 Å². The molecule has 106 valence electrons. The van der Waals surface area contributed by atoms with Gasteiger partial charge in [0.15, 0.2) is 0 Å². The van der Waals surface area contributed by atoms with E-state index in [2.05, 4.69) is 5.32 Å². The summed E-state index contributed by atoms with van der Waals surface area (Å²) >= 11 is 11.6. The molecular weight excluding hydrogens is 311 g/mol. The van der Waals surface area contributed by atoms with Crippen LogP contribution in [0.1, 0.15) is 0 Å². The average Bonchev–Trinajstić information content (AvgIpc) is 2.77. The van der Waals surface area contributed by atoms with Gasteiger partial charge in [-0.15, -0.1) is 0 Å². The van der Waals surface area contributed by atoms with Crippen molar-refractivity contribution in [3.05, 3.63) is 28.2 Å². The summed E-state index contributed by atoms with van der Waals surface area (Å²) in [7, 11) is -2.26. The molecule has 5 nitrogen and oxygen atoms in total. The first-order valence-corrected chi connectivity index (χ1v) is 7.85. The van der Waals surface area contributed by atoms with Crippen LogP contribution in [0.4, 0.5) is 0 Å². The predicted octanol–water partition coefficient (Wildman–Crippen LogP) is 0.947. The highest BCUT2D eigenvalue weighted by molar-refractivity contribution is 7.89. The zero-order valence-corrected chi connectivity index (χ0v) is 12.5. The van der Waals surface area contributed by atoms with Gasteiger partial charge in [0, 0.05) is 20.1 Å². The Labute approximate surface area is 122 Å². The number of nitrogens with zero attached hydrogens (tertiary/aromatic N) is 1. The molecule has 1 aromatic rings. The number of aliphatic hydroxyl groups is 1. The van der Waals surface area contributed by atoms with Crippen molar-refractivity contribution in [3.63, 3.8) is 0 Å². The van der Waals surface area contributed by atoms with Gasteiger partial charge in [0.25, 0.3) is 0 Å². The van der Waals surface area contributed by atoms with E-state index < -0.39 is 22.2 Å². The van der Waals surface area contributed by atoms with Crippen LogP contribution in [0, 0.1) is 0 Å². The molecule has 0 bridgehead atoms. The Morgan fingerprint density at radius 2 is 2.00 bits per heavy atom. The zero-order chi connectivity index (χ0) is 14.2. The second-order valence-electron chi connectivity index (χ2n) is 4.39. The second-order valence-corrected chi connectivity index (χ2v) is 7.20. The van der Waals surface area contributed by atoms with Crippen LogP contribution in [0.15, 0.2) is 23.1 Å². The summed E-state index contributed by atoms with van der Waals surface area (Å²) in [6, 6.07) is 3.66. The summed E-state index contributed by atoms with van der Waals surface area (Å²) < 4.78 is 26.0. The molecule has 1 saturated heterocycles. The van der Waals surface area contributed by atoms with Gasteiger partial charge in [-0.05, 0) is 18.2 Å². The number of hydrogen-bond acceptors (Lipinski definition) is 4. The Kier molecular flexibility index (Phi) is 4.39. The maximum absolute atomic E-state index is 12.4. The number of likely N-dealkylation sites (N-methyl/N-ethyl adjacent to an activating group) is 1. The van der Waals surface area contributed by atoms with E-state index in [4.69, 9.17) is 23.2 Å². The van der Waals surface area contributed by atoms with Gasteiger partial charge >= 0.3 is 0 Å². The predicted molar refractivity (Wildman–Crippen MR) is 74.1 cm³/mol. The molecule has 1 aromatic carbocycles. The maximum atomic E-state index is 12.4. The summed E-state index contributed by atoms with van der Waals surface area (Å²) in [4.78, 5) is 0.0588. The van der Waals surface area contributed by atoms with E-state index in [0.29, 0.717) is 18.1 Å². The third-order valence-corrected chi connectivity index (χ3v) is 5.80. The number of benzene rings is 1. The fourth-order valence-corrected chi connectivity index (χ4v) is 3.78. The van der Waals surface area contributed by atoms with E-state index in [1.165, 1.54) is 25.2 Å². The second kappa shape index (κ2) is 5.55. The summed E-state index contributed by atoms with van der Waals surface area (Å²) in [5.74, 6) is 0. The van der Waals surface area contributed by atoms with E-state index in [-0.39, 0.29) is 9.92 Å². The van der Waals surface area contributed by atoms with E-state index in [0.717, 1.165) is 4.31 Å². The Hall–Kier alpha value is -0.370. The molecule has 0 unspecified atom stereocenters. The fraction of sp³-hybridized carbons (Fsp3) is 0.455. The van der Waals surface area contributed by atoms with E-state index in [1.54, 1.807) is 0 Å². The van der Waals surface area contributed by atoms with E-state index >= 15 is 0 Å². The molecule has 1 aliphatic heterocycles. The van der Waals surface area contributed by atoms with Crippen molar-refractivity contribution >= 4 is 33.2 Å². The van der Waals surface area contributed by atoms with Crippen molar-refractivity contribution in [2.45, 2.75) is 17.0 Å². The molecule has 1 fully saturated rings. The van der Waals surface area contributed by atoms with E-state index in [1.807, 2.05) is 0 Å². The fourth-order valence-electron chi connectivity index (χ4n) is 2.00. The molecule has 2 N–H and O–H groups in total. The molecule has 2 rings (SSSR count). The molecule has 19 heavy (non-hydrogen) atoms. The molecule has 0 amide bonds. The molecule has 0 saturated carbocycles. The number of aliphatic hydroxyl groups excluding tert-OH is 1. The van der Waals surface area contributed by atoms with Gasteiger partial charge in [-0.1, -0.05) is 23.2 Å². The topological polar surface area (TPSA) is 69.6 Å². The molecule has 0 spiro atoms. The lowest BCUT2D eigenvalue weighted by atomic mass is 10.2. The highest BCUT2D eigenvalue weighted by Crippen LogP contribution is 2.27. The highest BCUT2D eigenvalue weighted by atomic mass is 35.5. The van der Waals surface area contributed by atoms with Gasteiger partial charge in [0.1, 0.15) is 0 Å².